The lowest BCUT2D eigenvalue weighted by Gasteiger charge is -1.92. The molecule has 2 nitrogen and oxygen atoms in total. The first-order valence-corrected chi connectivity index (χ1v) is 2.06. The molecule has 1 atom stereocenters. The van der Waals surface area contributed by atoms with Gasteiger partial charge in [0.15, 0.2) is 0 Å². The van der Waals surface area contributed by atoms with Crippen molar-refractivity contribution < 1.29 is 5.11 Å². The van der Waals surface area contributed by atoms with Crippen LogP contribution in [0.5, 0.6) is 0 Å². The van der Waals surface area contributed by atoms with Crippen molar-refractivity contribution in [3.05, 3.63) is 12.7 Å². The van der Waals surface area contributed by atoms with Crippen molar-refractivity contribution in [1.29, 1.82) is 0 Å². The Morgan fingerprint density at radius 1 is 1.86 bits per heavy atom. The normalized spacial score (nSPS) is 11.7. The van der Waals surface area contributed by atoms with E-state index in [0.29, 0.717) is 6.42 Å². The van der Waals surface area contributed by atoms with E-state index in [1.54, 1.807) is 13.0 Å². The molecule has 44 valence electrons. The zero-order valence-corrected chi connectivity index (χ0v) is 4.72. The summed E-state index contributed by atoms with van der Waals surface area (Å²) < 4.78 is 0. The van der Waals surface area contributed by atoms with Crippen LogP contribution in [0.15, 0.2) is 12.7 Å². The molecule has 7 heavy (non-hydrogen) atoms. The van der Waals surface area contributed by atoms with Crippen molar-refractivity contribution in [3.8, 4) is 0 Å². The van der Waals surface area contributed by atoms with Crippen LogP contribution in [0.4, 0.5) is 0 Å². The van der Waals surface area contributed by atoms with E-state index in [4.69, 9.17) is 5.11 Å². The molecule has 0 aromatic heterocycles. The summed E-state index contributed by atoms with van der Waals surface area (Å²) in [6.45, 7) is 5.18. The van der Waals surface area contributed by atoms with Gasteiger partial charge in [0.25, 0.3) is 0 Å². The average Bonchev–Trinajstić information content (AvgIpc) is 1.35. The van der Waals surface area contributed by atoms with E-state index in [1.807, 2.05) is 0 Å². The first-order valence-electron chi connectivity index (χ1n) is 2.06. The fourth-order valence-corrected chi connectivity index (χ4v) is 0.241. The lowest BCUT2D eigenvalue weighted by Crippen LogP contribution is -1.94. The highest BCUT2D eigenvalue weighted by molar-refractivity contribution is 4.68. The van der Waals surface area contributed by atoms with Crippen molar-refractivity contribution in [2.24, 2.45) is 0 Å². The van der Waals surface area contributed by atoms with Gasteiger partial charge in [-0.1, -0.05) is 6.08 Å². The Hall–Kier alpha value is -0.340. The van der Waals surface area contributed by atoms with Gasteiger partial charge in [-0.3, -0.25) is 0 Å². The molecule has 0 fully saturated rings. The Morgan fingerprint density at radius 3 is 2.29 bits per heavy atom. The number of hydrogen-bond acceptors (Lipinski definition) is 2. The molecule has 1 unspecified atom stereocenters. The first-order chi connectivity index (χ1) is 2.77. The summed E-state index contributed by atoms with van der Waals surface area (Å²) in [5, 5.41) is 8.48. The molecule has 0 aromatic rings. The summed E-state index contributed by atoms with van der Waals surface area (Å²) in [5.74, 6) is 0. The molecule has 4 N–H and O–H groups in total. The van der Waals surface area contributed by atoms with Gasteiger partial charge >= 0.3 is 0 Å². The maximum Gasteiger partial charge on any atom is 0.0546 e. The van der Waals surface area contributed by atoms with Gasteiger partial charge in [0.2, 0.25) is 0 Å². The van der Waals surface area contributed by atoms with Crippen molar-refractivity contribution in [2.45, 2.75) is 19.4 Å². The number of rotatable bonds is 2. The fraction of sp³-hybridized carbons (Fsp3) is 0.600. The second-order valence-electron chi connectivity index (χ2n) is 1.37. The van der Waals surface area contributed by atoms with Crippen LogP contribution >= 0.6 is 0 Å². The molecule has 0 bridgehead atoms. The minimum absolute atomic E-state index is 0. The molecule has 0 rings (SSSR count). The monoisotopic (exact) mass is 103 g/mol. The highest BCUT2D eigenvalue weighted by atomic mass is 16.3. The van der Waals surface area contributed by atoms with E-state index >= 15 is 0 Å². The van der Waals surface area contributed by atoms with E-state index in [2.05, 4.69) is 6.58 Å². The van der Waals surface area contributed by atoms with Gasteiger partial charge in [0.1, 0.15) is 0 Å². The zero-order chi connectivity index (χ0) is 4.99. The lowest BCUT2D eigenvalue weighted by atomic mass is 10.3. The van der Waals surface area contributed by atoms with Crippen LogP contribution in [0.25, 0.3) is 0 Å². The smallest absolute Gasteiger partial charge is 0.0546 e. The zero-order valence-electron chi connectivity index (χ0n) is 4.72. The summed E-state index contributed by atoms with van der Waals surface area (Å²) >= 11 is 0. The molecule has 0 aliphatic rings. The van der Waals surface area contributed by atoms with E-state index in [1.165, 1.54) is 0 Å². The molecular weight excluding hydrogens is 90.1 g/mol. The molecule has 0 aliphatic heterocycles. The number of aliphatic hydroxyl groups excluding tert-OH is 1. The van der Waals surface area contributed by atoms with Gasteiger partial charge in [-0.15, -0.1) is 6.58 Å². The second kappa shape index (κ2) is 5.66. The third-order valence-corrected chi connectivity index (χ3v) is 0.508. The van der Waals surface area contributed by atoms with Crippen LogP contribution in [0.2, 0.25) is 0 Å². The van der Waals surface area contributed by atoms with E-state index in [-0.39, 0.29) is 12.3 Å². The average molecular weight is 103 g/mol. The van der Waals surface area contributed by atoms with Crippen molar-refractivity contribution in [3.63, 3.8) is 0 Å². The second-order valence-corrected chi connectivity index (χ2v) is 1.37. The number of aliphatic hydroxyl groups is 1. The molecular formula is C5H13NO. The largest absolute Gasteiger partial charge is 0.393 e. The van der Waals surface area contributed by atoms with Gasteiger partial charge in [0, 0.05) is 0 Å². The van der Waals surface area contributed by atoms with Crippen LogP contribution in [-0.2, 0) is 0 Å². The Morgan fingerprint density at radius 2 is 2.29 bits per heavy atom. The molecule has 0 spiro atoms. The van der Waals surface area contributed by atoms with Gasteiger partial charge in [0.05, 0.1) is 6.10 Å². The van der Waals surface area contributed by atoms with E-state index in [0.717, 1.165) is 0 Å². The highest BCUT2D eigenvalue weighted by Crippen LogP contribution is 1.85. The molecule has 2 heteroatoms. The SMILES string of the molecule is C=CCC(C)O.N. The highest BCUT2D eigenvalue weighted by Gasteiger charge is 1.84. The first kappa shape index (κ1) is 9.83. The third-order valence-electron chi connectivity index (χ3n) is 0.508. The molecule has 0 saturated heterocycles. The Kier molecular flexibility index (Phi) is 7.94. The summed E-state index contributed by atoms with van der Waals surface area (Å²) in [5.41, 5.74) is 0. The van der Waals surface area contributed by atoms with Gasteiger partial charge in [-0.2, -0.15) is 0 Å². The van der Waals surface area contributed by atoms with Crippen LogP contribution in [-0.4, -0.2) is 11.2 Å². The Balaban J connectivity index is 0. The van der Waals surface area contributed by atoms with Gasteiger partial charge in [-0.25, -0.2) is 0 Å². The molecule has 0 radical (unpaired) electrons. The molecule has 0 heterocycles. The lowest BCUT2D eigenvalue weighted by molar-refractivity contribution is 0.198. The standard InChI is InChI=1S/C5H10O.H3N/c1-3-4-5(2)6;/h3,5-6H,1,4H2,2H3;1H3. The van der Waals surface area contributed by atoms with Crippen molar-refractivity contribution in [1.82, 2.24) is 6.15 Å². The molecule has 0 aliphatic carbocycles. The van der Waals surface area contributed by atoms with Crippen LogP contribution in [0.1, 0.15) is 13.3 Å². The number of hydrogen-bond donors (Lipinski definition) is 2. The minimum Gasteiger partial charge on any atom is -0.393 e. The Bertz CT molecular complexity index is 43.3. The quantitative estimate of drug-likeness (QED) is 0.514. The summed E-state index contributed by atoms with van der Waals surface area (Å²) in [4.78, 5) is 0. The summed E-state index contributed by atoms with van der Waals surface area (Å²) in [7, 11) is 0. The molecule has 0 aromatic carbocycles. The van der Waals surface area contributed by atoms with Crippen LogP contribution < -0.4 is 6.15 Å². The predicted molar refractivity (Wildman–Crippen MR) is 31.5 cm³/mol. The predicted octanol–water partition coefficient (Wildman–Crippen LogP) is 1.11. The van der Waals surface area contributed by atoms with Crippen molar-refractivity contribution >= 4 is 0 Å². The van der Waals surface area contributed by atoms with E-state index < -0.39 is 0 Å². The third kappa shape index (κ3) is 10.7. The fourth-order valence-electron chi connectivity index (χ4n) is 0.241. The summed E-state index contributed by atoms with van der Waals surface area (Å²) in [6.07, 6.45) is 2.17. The Labute approximate surface area is 44.4 Å². The molecule has 0 amide bonds. The molecule has 0 saturated carbocycles. The van der Waals surface area contributed by atoms with Gasteiger partial charge in [-0.05, 0) is 13.3 Å². The van der Waals surface area contributed by atoms with E-state index in [9.17, 15) is 0 Å². The maximum absolute atomic E-state index is 8.48. The van der Waals surface area contributed by atoms with Crippen LogP contribution in [0, 0.1) is 0 Å². The summed E-state index contributed by atoms with van der Waals surface area (Å²) in [6, 6.07) is 0. The maximum atomic E-state index is 8.48. The van der Waals surface area contributed by atoms with Crippen molar-refractivity contribution in [2.75, 3.05) is 0 Å². The van der Waals surface area contributed by atoms with Gasteiger partial charge < -0.3 is 11.3 Å². The minimum atomic E-state index is -0.220. The topological polar surface area (TPSA) is 55.2 Å². The van der Waals surface area contributed by atoms with Crippen LogP contribution in [0.3, 0.4) is 0 Å².